The van der Waals surface area contributed by atoms with Gasteiger partial charge in [-0.25, -0.2) is 0 Å². The summed E-state index contributed by atoms with van der Waals surface area (Å²) in [7, 11) is 0. The van der Waals surface area contributed by atoms with E-state index >= 15 is 0 Å². The molecular formula is C16H24. The van der Waals surface area contributed by atoms with Gasteiger partial charge in [0.05, 0.1) is 0 Å². The molecule has 0 bridgehead atoms. The van der Waals surface area contributed by atoms with Gasteiger partial charge in [-0.15, -0.1) is 0 Å². The van der Waals surface area contributed by atoms with Crippen LogP contribution in [0.4, 0.5) is 0 Å². The highest BCUT2D eigenvalue weighted by atomic mass is 14.1. The second-order valence-electron chi connectivity index (χ2n) is 4.02. The summed E-state index contributed by atoms with van der Waals surface area (Å²) in [5.74, 6) is 0.557. The fourth-order valence-corrected chi connectivity index (χ4v) is 1.71. The van der Waals surface area contributed by atoms with Crippen LogP contribution in [0.2, 0.25) is 0 Å². The highest BCUT2D eigenvalue weighted by molar-refractivity contribution is 5.67. The molecule has 0 unspecified atom stereocenters. The Morgan fingerprint density at radius 3 is 2.50 bits per heavy atom. The van der Waals surface area contributed by atoms with Gasteiger partial charge in [-0.2, -0.15) is 0 Å². The first-order valence-electron chi connectivity index (χ1n) is 5.62. The molecule has 88 valence electrons. The highest BCUT2D eigenvalue weighted by Gasteiger charge is 2.06. The first kappa shape index (κ1) is 14.7. The summed E-state index contributed by atoms with van der Waals surface area (Å²) in [5, 5.41) is 0. The van der Waals surface area contributed by atoms with Crippen LogP contribution in [0.1, 0.15) is 57.2 Å². The summed E-state index contributed by atoms with van der Waals surface area (Å²) in [5.41, 5.74) is 3.95. The van der Waals surface area contributed by atoms with Gasteiger partial charge in [0, 0.05) is 0 Å². The van der Waals surface area contributed by atoms with Gasteiger partial charge >= 0.3 is 0 Å². The molecule has 0 aliphatic heterocycles. The molecule has 0 atom stereocenters. The van der Waals surface area contributed by atoms with Crippen molar-refractivity contribution < 1.29 is 0 Å². The van der Waals surface area contributed by atoms with Crippen molar-refractivity contribution in [3.05, 3.63) is 47.5 Å². The van der Waals surface area contributed by atoms with Crippen molar-refractivity contribution >= 4 is 12.2 Å². The minimum absolute atomic E-state index is 0. The maximum atomic E-state index is 3.87. The van der Waals surface area contributed by atoms with Crippen molar-refractivity contribution in [2.24, 2.45) is 0 Å². The first-order chi connectivity index (χ1) is 7.20. The first-order valence-corrected chi connectivity index (χ1v) is 5.62. The lowest BCUT2D eigenvalue weighted by Crippen LogP contribution is -1.94. The number of hydrogen-bond acceptors (Lipinski definition) is 0. The zero-order valence-corrected chi connectivity index (χ0v) is 9.96. The summed E-state index contributed by atoms with van der Waals surface area (Å²) in [4.78, 5) is 0. The monoisotopic (exact) mass is 216 g/mol. The fraction of sp³-hybridized carbons (Fsp3) is 0.375. The van der Waals surface area contributed by atoms with E-state index in [2.05, 4.69) is 57.7 Å². The van der Waals surface area contributed by atoms with Crippen LogP contribution in [0.15, 0.2) is 30.9 Å². The van der Waals surface area contributed by atoms with Crippen LogP contribution in [-0.4, -0.2) is 0 Å². The summed E-state index contributed by atoms with van der Waals surface area (Å²) < 4.78 is 0. The van der Waals surface area contributed by atoms with Crippen molar-refractivity contribution in [2.75, 3.05) is 0 Å². The van der Waals surface area contributed by atoms with Gasteiger partial charge in [-0.3, -0.25) is 0 Å². The molecule has 0 saturated heterocycles. The molecular weight excluding hydrogens is 192 g/mol. The average Bonchev–Trinajstić information content (AvgIpc) is 2.25. The van der Waals surface area contributed by atoms with E-state index in [0.29, 0.717) is 5.92 Å². The molecule has 0 aliphatic rings. The molecule has 0 amide bonds. The van der Waals surface area contributed by atoms with Crippen molar-refractivity contribution in [1.29, 1.82) is 0 Å². The molecule has 0 heteroatoms. The summed E-state index contributed by atoms with van der Waals surface area (Å²) >= 11 is 0. The molecule has 0 nitrogen and oxygen atoms in total. The van der Waals surface area contributed by atoms with Crippen molar-refractivity contribution in [3.8, 4) is 0 Å². The standard InChI is InChI=1S/C15H20.CH4/c1-5-7-10-15-13(6-2)9-8-11-14(15)12(3)4;/h6-12H,2,5H2,1,3-4H3;1H4/b10-7-;. The van der Waals surface area contributed by atoms with E-state index in [1.165, 1.54) is 16.7 Å². The molecule has 1 aromatic carbocycles. The van der Waals surface area contributed by atoms with E-state index in [0.717, 1.165) is 6.42 Å². The second-order valence-corrected chi connectivity index (χ2v) is 4.02. The summed E-state index contributed by atoms with van der Waals surface area (Å²) in [6, 6.07) is 6.43. The van der Waals surface area contributed by atoms with Crippen LogP contribution >= 0.6 is 0 Å². The number of hydrogen-bond donors (Lipinski definition) is 0. The van der Waals surface area contributed by atoms with Crippen molar-refractivity contribution in [3.63, 3.8) is 0 Å². The van der Waals surface area contributed by atoms with Crippen LogP contribution < -0.4 is 0 Å². The van der Waals surface area contributed by atoms with E-state index in [4.69, 9.17) is 0 Å². The fourth-order valence-electron chi connectivity index (χ4n) is 1.71. The Morgan fingerprint density at radius 2 is 2.00 bits per heavy atom. The van der Waals surface area contributed by atoms with Gasteiger partial charge in [0.2, 0.25) is 0 Å². The number of rotatable bonds is 4. The molecule has 1 rings (SSSR count). The van der Waals surface area contributed by atoms with Gasteiger partial charge in [-0.1, -0.05) is 71.2 Å². The van der Waals surface area contributed by atoms with E-state index < -0.39 is 0 Å². The van der Waals surface area contributed by atoms with Crippen LogP contribution in [0.25, 0.3) is 12.2 Å². The Hall–Kier alpha value is -1.30. The highest BCUT2D eigenvalue weighted by Crippen LogP contribution is 2.24. The largest absolute Gasteiger partial charge is 0.0984 e. The third-order valence-corrected chi connectivity index (χ3v) is 2.54. The lowest BCUT2D eigenvalue weighted by molar-refractivity contribution is 0.863. The third-order valence-electron chi connectivity index (χ3n) is 2.54. The molecule has 1 aromatic rings. The molecule has 0 fully saturated rings. The van der Waals surface area contributed by atoms with E-state index in [-0.39, 0.29) is 7.43 Å². The van der Waals surface area contributed by atoms with E-state index in [1.807, 2.05) is 6.08 Å². The van der Waals surface area contributed by atoms with Crippen LogP contribution in [0.5, 0.6) is 0 Å². The van der Waals surface area contributed by atoms with Crippen LogP contribution in [0.3, 0.4) is 0 Å². The lowest BCUT2D eigenvalue weighted by atomic mass is 9.93. The lowest BCUT2D eigenvalue weighted by Gasteiger charge is -2.12. The quantitative estimate of drug-likeness (QED) is 0.622. The van der Waals surface area contributed by atoms with Crippen LogP contribution in [0, 0.1) is 0 Å². The molecule has 16 heavy (non-hydrogen) atoms. The van der Waals surface area contributed by atoms with E-state index in [9.17, 15) is 0 Å². The normalized spacial score (nSPS) is 10.5. The van der Waals surface area contributed by atoms with Gasteiger partial charge in [-0.05, 0) is 29.0 Å². The smallest absolute Gasteiger partial charge is 0.0153 e. The van der Waals surface area contributed by atoms with Gasteiger partial charge < -0.3 is 0 Å². The topological polar surface area (TPSA) is 0 Å². The number of benzene rings is 1. The molecule has 0 aliphatic carbocycles. The van der Waals surface area contributed by atoms with Gasteiger partial charge in [0.25, 0.3) is 0 Å². The number of allylic oxidation sites excluding steroid dienone is 1. The van der Waals surface area contributed by atoms with E-state index in [1.54, 1.807) is 0 Å². The molecule has 0 aromatic heterocycles. The zero-order chi connectivity index (χ0) is 11.3. The Labute approximate surface area is 101 Å². The Bertz CT molecular complexity index is 356. The maximum absolute atomic E-state index is 3.87. The average molecular weight is 216 g/mol. The minimum atomic E-state index is 0. The van der Waals surface area contributed by atoms with Crippen molar-refractivity contribution in [2.45, 2.75) is 40.5 Å². The molecule has 0 heterocycles. The van der Waals surface area contributed by atoms with Crippen LogP contribution in [-0.2, 0) is 0 Å². The molecule has 0 N–H and O–H groups in total. The Balaban J connectivity index is 0.00000225. The SMILES string of the molecule is C.C=Cc1cccc(C(C)C)c1/C=C\CC. The maximum Gasteiger partial charge on any atom is -0.0153 e. The minimum Gasteiger partial charge on any atom is -0.0984 e. The summed E-state index contributed by atoms with van der Waals surface area (Å²) in [6.07, 6.45) is 7.42. The third kappa shape index (κ3) is 3.37. The zero-order valence-electron chi connectivity index (χ0n) is 9.96. The van der Waals surface area contributed by atoms with Crippen molar-refractivity contribution in [1.82, 2.24) is 0 Å². The molecule has 0 spiro atoms. The van der Waals surface area contributed by atoms with Gasteiger partial charge in [0.1, 0.15) is 0 Å². The predicted octanol–water partition coefficient (Wildman–Crippen LogP) is 5.51. The predicted molar refractivity (Wildman–Crippen MR) is 76.7 cm³/mol. The Kier molecular flexibility index (Phi) is 6.48. The van der Waals surface area contributed by atoms with Gasteiger partial charge in [0.15, 0.2) is 0 Å². The molecule has 0 radical (unpaired) electrons. The summed E-state index contributed by atoms with van der Waals surface area (Å²) in [6.45, 7) is 10.5. The Morgan fingerprint density at radius 1 is 1.31 bits per heavy atom. The molecule has 0 saturated carbocycles. The second kappa shape index (κ2) is 7.05.